The van der Waals surface area contributed by atoms with Gasteiger partial charge < -0.3 is 19.5 Å². The molecule has 1 aromatic heterocycles. The van der Waals surface area contributed by atoms with Crippen molar-refractivity contribution in [2.24, 2.45) is 5.41 Å². The van der Waals surface area contributed by atoms with Crippen LogP contribution in [-0.4, -0.2) is 45.7 Å². The molecule has 160 valence electrons. The Morgan fingerprint density at radius 3 is 2.38 bits per heavy atom. The van der Waals surface area contributed by atoms with Gasteiger partial charge >= 0.3 is 12.1 Å². The summed E-state index contributed by atoms with van der Waals surface area (Å²) in [6.07, 6.45) is 0.000804. The molecule has 1 amide bonds. The fourth-order valence-electron chi connectivity index (χ4n) is 3.88. The summed E-state index contributed by atoms with van der Waals surface area (Å²) in [5, 5.41) is 10.2. The molecular formula is C21H29ClN2O5. The molecule has 1 spiro atoms. The number of carboxylic acids is 1. The number of carbonyl (C=O) groups excluding carboxylic acids is 1. The third-order valence-electron chi connectivity index (χ3n) is 5.67. The number of carboxylic acid groups (broad SMARTS) is 1. The fourth-order valence-corrected chi connectivity index (χ4v) is 4.04. The van der Waals surface area contributed by atoms with Crippen molar-refractivity contribution >= 4 is 23.7 Å². The molecule has 2 aliphatic heterocycles. The number of aliphatic carboxylic acids is 1. The number of carbonyl (C=O) groups is 2. The number of pyridine rings is 1. The second-order valence-electron chi connectivity index (χ2n) is 9.48. The minimum atomic E-state index is -1.15. The molecule has 0 bridgehead atoms. The van der Waals surface area contributed by atoms with E-state index >= 15 is 0 Å². The third-order valence-corrected chi connectivity index (χ3v) is 6.05. The molecule has 1 atom stereocenters. The topological polar surface area (TPSA) is 89.0 Å². The first kappa shape index (κ1) is 21.8. The lowest BCUT2D eigenvalue weighted by Crippen LogP contribution is -2.47. The molecule has 1 unspecified atom stereocenters. The normalized spacial score (nSPS) is 21.2. The number of fused-ring (bicyclic) bond motifs is 2. The average Bonchev–Trinajstić information content (AvgIpc) is 2.88. The van der Waals surface area contributed by atoms with Crippen LogP contribution in [0, 0.1) is 12.3 Å². The summed E-state index contributed by atoms with van der Waals surface area (Å²) in [5.74, 6) is -0.951. The van der Waals surface area contributed by atoms with Crippen LogP contribution in [0.3, 0.4) is 0 Å². The van der Waals surface area contributed by atoms with Crippen molar-refractivity contribution in [2.75, 3.05) is 13.1 Å². The second-order valence-corrected chi connectivity index (χ2v) is 9.89. The van der Waals surface area contributed by atoms with Crippen molar-refractivity contribution < 1.29 is 24.2 Å². The van der Waals surface area contributed by atoms with Gasteiger partial charge in [-0.25, -0.2) is 4.79 Å². The van der Waals surface area contributed by atoms with Gasteiger partial charge in [0.15, 0.2) is 0 Å². The van der Waals surface area contributed by atoms with Crippen LogP contribution in [0.2, 0.25) is 5.02 Å². The largest absolute Gasteiger partial charge is 0.481 e. The van der Waals surface area contributed by atoms with E-state index in [-0.39, 0.29) is 6.09 Å². The highest BCUT2D eigenvalue weighted by Gasteiger charge is 2.55. The molecule has 3 rings (SSSR count). The standard InChI is InChI=1S/C21H29ClN2O5/c1-12-14(22)11-13-15(23-12)21(28-16(13)20(5,6)17(25)26)7-9-24(10-8-21)18(27)29-19(2,3)4/h11,16H,7-10H2,1-6H3,(H,25,26). The van der Waals surface area contributed by atoms with Gasteiger partial charge in [0.25, 0.3) is 0 Å². The minimum Gasteiger partial charge on any atom is -0.481 e. The first-order chi connectivity index (χ1) is 13.3. The lowest BCUT2D eigenvalue weighted by molar-refractivity contribution is -0.173. The second kappa shape index (κ2) is 7.13. The van der Waals surface area contributed by atoms with E-state index in [0.29, 0.717) is 36.6 Å². The van der Waals surface area contributed by atoms with E-state index in [9.17, 15) is 14.7 Å². The van der Waals surface area contributed by atoms with E-state index in [1.165, 1.54) is 0 Å². The summed E-state index contributed by atoms with van der Waals surface area (Å²) >= 11 is 6.31. The third kappa shape index (κ3) is 3.94. The van der Waals surface area contributed by atoms with Crippen molar-refractivity contribution in [2.45, 2.75) is 71.7 Å². The highest BCUT2D eigenvalue weighted by atomic mass is 35.5. The highest BCUT2D eigenvalue weighted by Crippen LogP contribution is 2.54. The molecule has 0 aliphatic carbocycles. The van der Waals surface area contributed by atoms with Gasteiger partial charge in [0.05, 0.1) is 21.8 Å². The molecule has 7 nitrogen and oxygen atoms in total. The number of aryl methyl sites for hydroxylation is 1. The predicted molar refractivity (Wildman–Crippen MR) is 108 cm³/mol. The van der Waals surface area contributed by atoms with Crippen LogP contribution >= 0.6 is 11.6 Å². The van der Waals surface area contributed by atoms with Gasteiger partial charge in [-0.05, 0) is 60.5 Å². The molecule has 1 N–H and O–H groups in total. The van der Waals surface area contributed by atoms with Gasteiger partial charge in [-0.3, -0.25) is 9.78 Å². The Morgan fingerprint density at radius 2 is 1.86 bits per heavy atom. The summed E-state index contributed by atoms with van der Waals surface area (Å²) in [4.78, 5) is 30.7. The Bertz CT molecular complexity index is 838. The molecule has 1 saturated heterocycles. The van der Waals surface area contributed by atoms with Crippen molar-refractivity contribution in [3.8, 4) is 0 Å². The number of hydrogen-bond donors (Lipinski definition) is 1. The number of amides is 1. The Hall–Kier alpha value is -1.86. The Labute approximate surface area is 176 Å². The maximum Gasteiger partial charge on any atom is 0.410 e. The number of nitrogens with zero attached hydrogens (tertiary/aromatic N) is 2. The molecule has 3 heterocycles. The maximum absolute atomic E-state index is 12.4. The Balaban J connectivity index is 1.91. The number of likely N-dealkylation sites (tertiary alicyclic amines) is 1. The average molecular weight is 425 g/mol. The summed E-state index contributed by atoms with van der Waals surface area (Å²) in [6, 6.07) is 1.78. The molecule has 0 aromatic carbocycles. The van der Waals surface area contributed by atoms with Crippen LogP contribution in [0.25, 0.3) is 0 Å². The van der Waals surface area contributed by atoms with Crippen molar-refractivity contribution in [3.63, 3.8) is 0 Å². The van der Waals surface area contributed by atoms with Crippen LogP contribution in [-0.2, 0) is 19.9 Å². The van der Waals surface area contributed by atoms with Gasteiger partial charge in [0.1, 0.15) is 17.3 Å². The van der Waals surface area contributed by atoms with Crippen LogP contribution in [0.1, 0.15) is 70.5 Å². The predicted octanol–water partition coefficient (Wildman–Crippen LogP) is 4.45. The summed E-state index contributed by atoms with van der Waals surface area (Å²) in [6.45, 7) is 11.5. The van der Waals surface area contributed by atoms with Gasteiger partial charge in [0.2, 0.25) is 0 Å². The van der Waals surface area contributed by atoms with Gasteiger partial charge in [-0.2, -0.15) is 0 Å². The molecule has 1 fully saturated rings. The number of halogens is 1. The lowest BCUT2D eigenvalue weighted by atomic mass is 9.81. The van der Waals surface area contributed by atoms with Gasteiger partial charge in [-0.15, -0.1) is 0 Å². The molecule has 29 heavy (non-hydrogen) atoms. The minimum absolute atomic E-state index is 0.353. The first-order valence-corrected chi connectivity index (χ1v) is 10.2. The van der Waals surface area contributed by atoms with E-state index in [2.05, 4.69) is 0 Å². The van der Waals surface area contributed by atoms with Gasteiger partial charge in [0, 0.05) is 18.7 Å². The highest BCUT2D eigenvalue weighted by molar-refractivity contribution is 6.31. The molecule has 8 heteroatoms. The molecular weight excluding hydrogens is 396 g/mol. The van der Waals surface area contributed by atoms with E-state index in [4.69, 9.17) is 26.1 Å². The number of aromatic nitrogens is 1. The molecule has 0 radical (unpaired) electrons. The molecule has 1 aromatic rings. The van der Waals surface area contributed by atoms with E-state index in [1.54, 1.807) is 24.8 Å². The first-order valence-electron chi connectivity index (χ1n) is 9.83. The summed E-state index contributed by atoms with van der Waals surface area (Å²) in [7, 11) is 0. The Kier molecular flexibility index (Phi) is 5.37. The van der Waals surface area contributed by atoms with Crippen molar-refractivity contribution in [1.29, 1.82) is 0 Å². The zero-order valence-electron chi connectivity index (χ0n) is 17.8. The van der Waals surface area contributed by atoms with Crippen molar-refractivity contribution in [3.05, 3.63) is 28.0 Å². The molecule has 2 aliphatic rings. The number of hydrogen-bond acceptors (Lipinski definition) is 5. The zero-order chi connectivity index (χ0) is 21.8. The number of ether oxygens (including phenoxy) is 2. The van der Waals surface area contributed by atoms with Crippen molar-refractivity contribution in [1.82, 2.24) is 9.88 Å². The van der Waals surface area contributed by atoms with Crippen LogP contribution in [0.4, 0.5) is 4.79 Å². The fraction of sp³-hybridized carbons (Fsp3) is 0.667. The number of rotatable bonds is 2. The lowest BCUT2D eigenvalue weighted by Gasteiger charge is -2.40. The monoisotopic (exact) mass is 424 g/mol. The van der Waals surface area contributed by atoms with Crippen LogP contribution < -0.4 is 0 Å². The Morgan fingerprint density at radius 1 is 1.28 bits per heavy atom. The van der Waals surface area contributed by atoms with E-state index < -0.39 is 28.7 Å². The van der Waals surface area contributed by atoms with E-state index in [1.807, 2.05) is 27.7 Å². The van der Waals surface area contributed by atoms with Crippen LogP contribution in [0.15, 0.2) is 6.07 Å². The van der Waals surface area contributed by atoms with Gasteiger partial charge in [-0.1, -0.05) is 11.6 Å². The number of piperidine rings is 1. The zero-order valence-corrected chi connectivity index (χ0v) is 18.6. The van der Waals surface area contributed by atoms with Crippen LogP contribution in [0.5, 0.6) is 0 Å². The smallest absolute Gasteiger partial charge is 0.410 e. The SMILES string of the molecule is Cc1nc2c(cc1Cl)C(C(C)(C)C(=O)O)OC21CCN(C(=O)OC(C)(C)C)CC1. The summed E-state index contributed by atoms with van der Waals surface area (Å²) < 4.78 is 11.9. The van der Waals surface area contributed by atoms with E-state index in [0.717, 1.165) is 11.3 Å². The maximum atomic E-state index is 12.4. The quantitative estimate of drug-likeness (QED) is 0.754. The molecule has 0 saturated carbocycles. The summed E-state index contributed by atoms with van der Waals surface area (Å²) in [5.41, 5.74) is -0.311.